The first-order valence-electron chi connectivity index (χ1n) is 8.50. The molecular weight excluding hydrogens is 348 g/mol. The number of methoxy groups -OCH3 is 1. The highest BCUT2D eigenvalue weighted by Crippen LogP contribution is 2.22. The largest absolute Gasteiger partial charge is 0.497 e. The van der Waals surface area contributed by atoms with Crippen molar-refractivity contribution in [2.75, 3.05) is 19.0 Å². The van der Waals surface area contributed by atoms with Gasteiger partial charge in [-0.2, -0.15) is 0 Å². The monoisotopic (exact) mass is 372 g/mol. The van der Waals surface area contributed by atoms with E-state index in [0.717, 1.165) is 5.75 Å². The molecular formula is C19H24N4O4. The summed E-state index contributed by atoms with van der Waals surface area (Å²) in [5.41, 5.74) is 6.21. The minimum Gasteiger partial charge on any atom is -0.497 e. The SMILES string of the molecule is COc1ccc(Oc2ccc(NC(=O)CNC(=O)[C@@H](N)C(C)C)cn2)cc1. The van der Waals surface area contributed by atoms with Crippen molar-refractivity contribution in [1.29, 1.82) is 0 Å². The van der Waals surface area contributed by atoms with Gasteiger partial charge in [0.1, 0.15) is 11.5 Å². The van der Waals surface area contributed by atoms with Crippen molar-refractivity contribution in [3.05, 3.63) is 42.6 Å². The lowest BCUT2D eigenvalue weighted by atomic mass is 10.1. The first-order valence-corrected chi connectivity index (χ1v) is 8.50. The van der Waals surface area contributed by atoms with Crippen LogP contribution in [-0.4, -0.2) is 36.5 Å². The molecule has 0 radical (unpaired) electrons. The minimum absolute atomic E-state index is 0.00416. The van der Waals surface area contributed by atoms with E-state index in [1.807, 2.05) is 13.8 Å². The molecule has 0 bridgehead atoms. The average molecular weight is 372 g/mol. The minimum atomic E-state index is -0.645. The van der Waals surface area contributed by atoms with Crippen molar-refractivity contribution in [2.45, 2.75) is 19.9 Å². The standard InChI is InChI=1S/C19H24N4O4/c1-12(2)18(20)19(25)22-11-16(24)23-13-4-9-17(21-10-13)27-15-7-5-14(26-3)6-8-15/h4-10,12,18H,11,20H2,1-3H3,(H,22,25)(H,23,24)/t18-/m0/s1. The number of carbonyl (C=O) groups is 2. The third-order valence-electron chi connectivity index (χ3n) is 3.75. The molecule has 0 aliphatic rings. The van der Waals surface area contributed by atoms with E-state index in [0.29, 0.717) is 17.3 Å². The van der Waals surface area contributed by atoms with Crippen LogP contribution in [0.3, 0.4) is 0 Å². The molecule has 144 valence electrons. The van der Waals surface area contributed by atoms with Gasteiger partial charge in [0.2, 0.25) is 17.7 Å². The molecule has 4 N–H and O–H groups in total. The van der Waals surface area contributed by atoms with Crippen LogP contribution in [0.1, 0.15) is 13.8 Å². The second kappa shape index (κ2) is 9.54. The summed E-state index contributed by atoms with van der Waals surface area (Å²) in [5.74, 6) is 0.996. The summed E-state index contributed by atoms with van der Waals surface area (Å²) in [4.78, 5) is 27.8. The Hall–Kier alpha value is -3.13. The number of rotatable bonds is 8. The Morgan fingerprint density at radius 3 is 2.33 bits per heavy atom. The van der Waals surface area contributed by atoms with Crippen molar-refractivity contribution < 1.29 is 19.1 Å². The van der Waals surface area contributed by atoms with Gasteiger partial charge >= 0.3 is 0 Å². The number of amides is 2. The number of ether oxygens (including phenoxy) is 2. The number of anilines is 1. The smallest absolute Gasteiger partial charge is 0.243 e. The van der Waals surface area contributed by atoms with E-state index in [4.69, 9.17) is 15.2 Å². The van der Waals surface area contributed by atoms with Gasteiger partial charge in [-0.25, -0.2) is 4.98 Å². The number of nitrogens with zero attached hydrogens (tertiary/aromatic N) is 1. The van der Waals surface area contributed by atoms with Crippen molar-refractivity contribution in [3.8, 4) is 17.4 Å². The van der Waals surface area contributed by atoms with Crippen molar-refractivity contribution in [2.24, 2.45) is 11.7 Å². The van der Waals surface area contributed by atoms with Crippen LogP contribution in [0.4, 0.5) is 5.69 Å². The van der Waals surface area contributed by atoms with E-state index in [1.165, 1.54) is 6.20 Å². The fourth-order valence-corrected chi connectivity index (χ4v) is 2.07. The number of aromatic nitrogens is 1. The summed E-state index contributed by atoms with van der Waals surface area (Å²) < 4.78 is 10.7. The zero-order valence-corrected chi connectivity index (χ0v) is 15.6. The molecule has 0 aliphatic carbocycles. The highest BCUT2D eigenvalue weighted by atomic mass is 16.5. The Labute approximate surface area is 158 Å². The maximum atomic E-state index is 11.9. The highest BCUT2D eigenvalue weighted by Gasteiger charge is 2.17. The summed E-state index contributed by atoms with van der Waals surface area (Å²) >= 11 is 0. The van der Waals surface area contributed by atoms with Crippen molar-refractivity contribution >= 4 is 17.5 Å². The van der Waals surface area contributed by atoms with E-state index in [-0.39, 0.29) is 24.3 Å². The lowest BCUT2D eigenvalue weighted by molar-refractivity contribution is -0.125. The number of benzene rings is 1. The predicted molar refractivity (Wildman–Crippen MR) is 102 cm³/mol. The van der Waals surface area contributed by atoms with Gasteiger partial charge in [0.15, 0.2) is 0 Å². The average Bonchev–Trinajstić information content (AvgIpc) is 2.67. The van der Waals surface area contributed by atoms with E-state index >= 15 is 0 Å². The topological polar surface area (TPSA) is 116 Å². The van der Waals surface area contributed by atoms with Crippen LogP contribution in [0, 0.1) is 5.92 Å². The molecule has 8 nitrogen and oxygen atoms in total. The Balaban J connectivity index is 1.83. The van der Waals surface area contributed by atoms with Crippen molar-refractivity contribution in [1.82, 2.24) is 10.3 Å². The normalized spacial score (nSPS) is 11.6. The van der Waals surface area contributed by atoms with Crippen LogP contribution in [-0.2, 0) is 9.59 Å². The predicted octanol–water partition coefficient (Wildman–Crippen LogP) is 1.92. The second-order valence-corrected chi connectivity index (χ2v) is 6.20. The molecule has 0 unspecified atom stereocenters. The van der Waals surface area contributed by atoms with Crippen LogP contribution in [0.25, 0.3) is 0 Å². The molecule has 2 aromatic rings. The molecule has 0 fully saturated rings. The van der Waals surface area contributed by atoms with Gasteiger partial charge in [-0.3, -0.25) is 9.59 Å². The third-order valence-corrected chi connectivity index (χ3v) is 3.75. The highest BCUT2D eigenvalue weighted by molar-refractivity contribution is 5.95. The van der Waals surface area contributed by atoms with Gasteiger partial charge in [-0.1, -0.05) is 13.8 Å². The lowest BCUT2D eigenvalue weighted by Gasteiger charge is -2.15. The Kier molecular flexibility index (Phi) is 7.13. The molecule has 0 saturated heterocycles. The fourth-order valence-electron chi connectivity index (χ4n) is 2.07. The van der Waals surface area contributed by atoms with Gasteiger partial charge < -0.3 is 25.8 Å². The number of hydrogen-bond acceptors (Lipinski definition) is 6. The summed E-state index contributed by atoms with van der Waals surface area (Å²) in [6, 6.07) is 9.74. The van der Waals surface area contributed by atoms with Crippen LogP contribution in [0.15, 0.2) is 42.6 Å². The van der Waals surface area contributed by atoms with Crippen molar-refractivity contribution in [3.63, 3.8) is 0 Å². The molecule has 8 heteroatoms. The quantitative estimate of drug-likeness (QED) is 0.652. The molecule has 1 atom stereocenters. The fraction of sp³-hybridized carbons (Fsp3) is 0.316. The zero-order valence-electron chi connectivity index (χ0n) is 15.6. The first kappa shape index (κ1) is 20.2. The van der Waals surface area contributed by atoms with Gasteiger partial charge in [0, 0.05) is 6.07 Å². The number of nitrogens with one attached hydrogen (secondary N) is 2. The van der Waals surface area contributed by atoms with E-state index in [2.05, 4.69) is 15.6 Å². The van der Waals surface area contributed by atoms with Gasteiger partial charge in [0.25, 0.3) is 0 Å². The molecule has 2 rings (SSSR count). The number of carbonyl (C=O) groups excluding carboxylic acids is 2. The lowest BCUT2D eigenvalue weighted by Crippen LogP contribution is -2.46. The van der Waals surface area contributed by atoms with Gasteiger partial charge in [-0.15, -0.1) is 0 Å². The Morgan fingerprint density at radius 1 is 1.11 bits per heavy atom. The molecule has 27 heavy (non-hydrogen) atoms. The molecule has 0 saturated carbocycles. The summed E-state index contributed by atoms with van der Waals surface area (Å²) in [6.45, 7) is 3.51. The van der Waals surface area contributed by atoms with E-state index in [1.54, 1.807) is 43.5 Å². The maximum absolute atomic E-state index is 11.9. The second-order valence-electron chi connectivity index (χ2n) is 6.20. The summed E-state index contributed by atoms with van der Waals surface area (Å²) in [5, 5.41) is 5.15. The molecule has 1 aromatic heterocycles. The van der Waals surface area contributed by atoms with Gasteiger partial charge in [-0.05, 0) is 36.2 Å². The number of pyridine rings is 1. The Morgan fingerprint density at radius 2 is 1.78 bits per heavy atom. The molecule has 1 aromatic carbocycles. The summed E-state index contributed by atoms with van der Waals surface area (Å²) in [7, 11) is 1.59. The van der Waals surface area contributed by atoms with Crippen LogP contribution < -0.4 is 25.8 Å². The maximum Gasteiger partial charge on any atom is 0.243 e. The molecule has 2 amide bonds. The van der Waals surface area contributed by atoms with E-state index < -0.39 is 6.04 Å². The number of nitrogens with two attached hydrogens (primary N) is 1. The number of hydrogen-bond donors (Lipinski definition) is 3. The molecule has 1 heterocycles. The van der Waals surface area contributed by atoms with Gasteiger partial charge in [0.05, 0.1) is 31.6 Å². The Bertz CT molecular complexity index is 760. The zero-order chi connectivity index (χ0) is 19.8. The molecule has 0 spiro atoms. The molecule has 0 aliphatic heterocycles. The van der Waals surface area contributed by atoms with Crippen LogP contribution >= 0.6 is 0 Å². The first-order chi connectivity index (χ1) is 12.9. The van der Waals surface area contributed by atoms with E-state index in [9.17, 15) is 9.59 Å². The van der Waals surface area contributed by atoms with Crippen LogP contribution in [0.5, 0.6) is 17.4 Å². The summed E-state index contributed by atoms with van der Waals surface area (Å²) in [6.07, 6.45) is 1.47. The van der Waals surface area contributed by atoms with Crippen LogP contribution in [0.2, 0.25) is 0 Å². The third kappa shape index (κ3) is 6.27.